The zero-order chi connectivity index (χ0) is 13.0. The fraction of sp³-hybridized carbons (Fsp3) is 0.200. The zero-order valence-corrected chi connectivity index (χ0v) is 10.8. The summed E-state index contributed by atoms with van der Waals surface area (Å²) in [4.78, 5) is 2.10. The van der Waals surface area contributed by atoms with Gasteiger partial charge >= 0.3 is 0 Å². The minimum Gasteiger partial charge on any atom is -0.495 e. The van der Waals surface area contributed by atoms with Gasteiger partial charge in [0.15, 0.2) is 0 Å². The molecule has 0 spiro atoms. The van der Waals surface area contributed by atoms with Gasteiger partial charge in [-0.25, -0.2) is 0 Å². The second-order valence-corrected chi connectivity index (χ2v) is 4.10. The lowest BCUT2D eigenvalue weighted by molar-refractivity contribution is 0.415. The lowest BCUT2D eigenvalue weighted by Gasteiger charge is -2.22. The van der Waals surface area contributed by atoms with Crippen LogP contribution in [0.4, 0.5) is 11.4 Å². The van der Waals surface area contributed by atoms with Crippen LogP contribution in [0.25, 0.3) is 0 Å². The molecule has 94 valence electrons. The van der Waals surface area contributed by atoms with E-state index in [-0.39, 0.29) is 0 Å². The van der Waals surface area contributed by atoms with Crippen LogP contribution in [0.1, 0.15) is 5.56 Å². The molecule has 0 heterocycles. The number of para-hydroxylation sites is 2. The molecule has 2 aromatic carbocycles. The van der Waals surface area contributed by atoms with E-state index in [0.717, 1.165) is 22.7 Å². The predicted octanol–water partition coefficient (Wildman–Crippen LogP) is 2.92. The SMILES string of the molecule is COc1ccccc1N(C)c1ccc(CN)cc1. The molecule has 18 heavy (non-hydrogen) atoms. The third-order valence-corrected chi connectivity index (χ3v) is 3.01. The maximum atomic E-state index is 5.60. The summed E-state index contributed by atoms with van der Waals surface area (Å²) in [6.45, 7) is 0.568. The van der Waals surface area contributed by atoms with E-state index >= 15 is 0 Å². The smallest absolute Gasteiger partial charge is 0.142 e. The van der Waals surface area contributed by atoms with Gasteiger partial charge in [0.25, 0.3) is 0 Å². The number of anilines is 2. The van der Waals surface area contributed by atoms with Crippen LogP contribution in [0.5, 0.6) is 5.75 Å². The molecule has 0 aliphatic rings. The Labute approximate surface area is 108 Å². The Hall–Kier alpha value is -2.00. The molecule has 3 heteroatoms. The molecule has 0 aromatic heterocycles. The Balaban J connectivity index is 2.31. The third-order valence-electron chi connectivity index (χ3n) is 3.01. The number of nitrogens with zero attached hydrogens (tertiary/aromatic N) is 1. The van der Waals surface area contributed by atoms with Crippen molar-refractivity contribution in [1.82, 2.24) is 0 Å². The molecule has 0 saturated carbocycles. The van der Waals surface area contributed by atoms with Crippen molar-refractivity contribution < 1.29 is 4.74 Å². The first-order valence-corrected chi connectivity index (χ1v) is 5.92. The summed E-state index contributed by atoms with van der Waals surface area (Å²) in [5, 5.41) is 0. The third kappa shape index (κ3) is 2.46. The molecule has 2 N–H and O–H groups in total. The molecule has 0 fully saturated rings. The van der Waals surface area contributed by atoms with E-state index in [1.165, 1.54) is 0 Å². The number of methoxy groups -OCH3 is 1. The van der Waals surface area contributed by atoms with Crippen LogP contribution in [-0.4, -0.2) is 14.2 Å². The van der Waals surface area contributed by atoms with E-state index in [1.807, 2.05) is 43.4 Å². The fourth-order valence-electron chi connectivity index (χ4n) is 1.90. The Morgan fingerprint density at radius 2 is 1.72 bits per heavy atom. The van der Waals surface area contributed by atoms with Crippen molar-refractivity contribution in [1.29, 1.82) is 0 Å². The van der Waals surface area contributed by atoms with Gasteiger partial charge in [0.2, 0.25) is 0 Å². The number of hydrogen-bond donors (Lipinski definition) is 1. The van der Waals surface area contributed by atoms with E-state index in [9.17, 15) is 0 Å². The summed E-state index contributed by atoms with van der Waals surface area (Å²) < 4.78 is 5.37. The number of rotatable bonds is 4. The molecular formula is C15H18N2O. The summed E-state index contributed by atoms with van der Waals surface area (Å²) in [6.07, 6.45) is 0. The Kier molecular flexibility index (Phi) is 3.85. The highest BCUT2D eigenvalue weighted by atomic mass is 16.5. The number of benzene rings is 2. The fourth-order valence-corrected chi connectivity index (χ4v) is 1.90. The maximum absolute atomic E-state index is 5.60. The predicted molar refractivity (Wildman–Crippen MR) is 75.4 cm³/mol. The molecule has 0 atom stereocenters. The average Bonchev–Trinajstić information content (AvgIpc) is 2.46. The van der Waals surface area contributed by atoms with Crippen molar-refractivity contribution in [3.05, 3.63) is 54.1 Å². The molecule has 2 rings (SSSR count). The molecule has 0 radical (unpaired) electrons. The van der Waals surface area contributed by atoms with Crippen molar-refractivity contribution in [2.24, 2.45) is 5.73 Å². The molecule has 2 aromatic rings. The van der Waals surface area contributed by atoms with Crippen LogP contribution in [0.2, 0.25) is 0 Å². The monoisotopic (exact) mass is 242 g/mol. The van der Waals surface area contributed by atoms with Gasteiger partial charge in [-0.2, -0.15) is 0 Å². The van der Waals surface area contributed by atoms with Crippen molar-refractivity contribution in [3.8, 4) is 5.75 Å². The zero-order valence-electron chi connectivity index (χ0n) is 10.8. The molecule has 0 aliphatic heterocycles. The van der Waals surface area contributed by atoms with Crippen LogP contribution >= 0.6 is 0 Å². The Morgan fingerprint density at radius 3 is 2.33 bits per heavy atom. The summed E-state index contributed by atoms with van der Waals surface area (Å²) in [7, 11) is 3.71. The summed E-state index contributed by atoms with van der Waals surface area (Å²) in [5.74, 6) is 0.864. The molecule has 0 bridgehead atoms. The van der Waals surface area contributed by atoms with E-state index < -0.39 is 0 Å². The highest BCUT2D eigenvalue weighted by Gasteiger charge is 2.08. The average molecular weight is 242 g/mol. The van der Waals surface area contributed by atoms with Gasteiger partial charge in [0.1, 0.15) is 5.75 Å². The van der Waals surface area contributed by atoms with Gasteiger partial charge < -0.3 is 15.4 Å². The highest BCUT2D eigenvalue weighted by molar-refractivity contribution is 5.68. The normalized spacial score (nSPS) is 10.2. The Morgan fingerprint density at radius 1 is 1.06 bits per heavy atom. The highest BCUT2D eigenvalue weighted by Crippen LogP contribution is 2.31. The molecule has 0 unspecified atom stereocenters. The van der Waals surface area contributed by atoms with Gasteiger partial charge in [-0.15, -0.1) is 0 Å². The minimum atomic E-state index is 0.568. The van der Waals surface area contributed by atoms with E-state index in [1.54, 1.807) is 7.11 Å². The van der Waals surface area contributed by atoms with Gasteiger partial charge in [-0.3, -0.25) is 0 Å². The van der Waals surface area contributed by atoms with Gasteiger partial charge in [-0.1, -0.05) is 24.3 Å². The number of hydrogen-bond acceptors (Lipinski definition) is 3. The standard InChI is InChI=1S/C15H18N2O/c1-17(13-9-7-12(11-16)8-10-13)14-5-3-4-6-15(14)18-2/h3-10H,11,16H2,1-2H3. The Bertz CT molecular complexity index is 508. The van der Waals surface area contributed by atoms with Crippen molar-refractivity contribution in [3.63, 3.8) is 0 Å². The molecular weight excluding hydrogens is 224 g/mol. The van der Waals surface area contributed by atoms with Crippen LogP contribution in [0, 0.1) is 0 Å². The van der Waals surface area contributed by atoms with Crippen LogP contribution in [0.15, 0.2) is 48.5 Å². The van der Waals surface area contributed by atoms with E-state index in [4.69, 9.17) is 10.5 Å². The van der Waals surface area contributed by atoms with Crippen molar-refractivity contribution in [2.45, 2.75) is 6.54 Å². The second kappa shape index (κ2) is 5.56. The maximum Gasteiger partial charge on any atom is 0.142 e. The van der Waals surface area contributed by atoms with E-state index in [2.05, 4.69) is 17.0 Å². The van der Waals surface area contributed by atoms with Crippen LogP contribution in [-0.2, 0) is 6.54 Å². The van der Waals surface area contributed by atoms with Gasteiger partial charge in [0, 0.05) is 19.3 Å². The van der Waals surface area contributed by atoms with Gasteiger partial charge in [0.05, 0.1) is 12.8 Å². The van der Waals surface area contributed by atoms with Crippen LogP contribution in [0.3, 0.4) is 0 Å². The van der Waals surface area contributed by atoms with Crippen molar-refractivity contribution >= 4 is 11.4 Å². The largest absolute Gasteiger partial charge is 0.495 e. The lowest BCUT2D eigenvalue weighted by Crippen LogP contribution is -2.10. The van der Waals surface area contributed by atoms with Gasteiger partial charge in [-0.05, 0) is 29.8 Å². The number of ether oxygens (including phenoxy) is 1. The second-order valence-electron chi connectivity index (χ2n) is 4.10. The van der Waals surface area contributed by atoms with Crippen LogP contribution < -0.4 is 15.4 Å². The van der Waals surface area contributed by atoms with Crippen molar-refractivity contribution in [2.75, 3.05) is 19.1 Å². The first-order valence-electron chi connectivity index (χ1n) is 5.92. The molecule has 0 saturated heterocycles. The summed E-state index contributed by atoms with van der Waals surface area (Å²) >= 11 is 0. The lowest BCUT2D eigenvalue weighted by atomic mass is 10.2. The summed E-state index contributed by atoms with van der Waals surface area (Å²) in [5.41, 5.74) is 8.88. The molecule has 0 aliphatic carbocycles. The van der Waals surface area contributed by atoms with E-state index in [0.29, 0.717) is 6.54 Å². The first kappa shape index (κ1) is 12.5. The summed E-state index contributed by atoms with van der Waals surface area (Å²) in [6, 6.07) is 16.2. The first-order chi connectivity index (χ1) is 8.76. The number of nitrogens with two attached hydrogens (primary N) is 1. The quantitative estimate of drug-likeness (QED) is 0.896. The molecule has 3 nitrogen and oxygen atoms in total. The topological polar surface area (TPSA) is 38.5 Å². The molecule has 0 amide bonds. The minimum absolute atomic E-state index is 0.568.